The van der Waals surface area contributed by atoms with Gasteiger partial charge in [-0.05, 0) is 50.9 Å². The predicted molar refractivity (Wildman–Crippen MR) is 86.3 cm³/mol. The first kappa shape index (κ1) is 19.5. The average Bonchev–Trinajstić information content (AvgIpc) is 2.42. The zero-order chi connectivity index (χ0) is 18.2. The molecule has 0 radical (unpaired) electrons. The Balaban J connectivity index is 1.96. The van der Waals surface area contributed by atoms with Crippen LogP contribution in [0.4, 0.5) is 13.2 Å². The van der Waals surface area contributed by atoms with E-state index >= 15 is 0 Å². The highest BCUT2D eigenvalue weighted by atomic mass is 19.4. The van der Waals surface area contributed by atoms with E-state index in [4.69, 9.17) is 10.00 Å². The maximum absolute atomic E-state index is 13.4. The van der Waals surface area contributed by atoms with Gasteiger partial charge in [0, 0.05) is 25.6 Å². The summed E-state index contributed by atoms with van der Waals surface area (Å²) in [7, 11) is 0. The summed E-state index contributed by atoms with van der Waals surface area (Å²) in [5.74, 6) is 0.424. The molecule has 2 rings (SSSR count). The van der Waals surface area contributed by atoms with Gasteiger partial charge in [0.05, 0.1) is 12.2 Å². The third kappa shape index (κ3) is 3.57. The summed E-state index contributed by atoms with van der Waals surface area (Å²) in [5.41, 5.74) is -1.97. The van der Waals surface area contributed by atoms with Crippen molar-refractivity contribution in [3.8, 4) is 6.07 Å². The zero-order valence-corrected chi connectivity index (χ0v) is 15.1. The lowest BCUT2D eigenvalue weighted by Crippen LogP contribution is -2.73. The Morgan fingerprint density at radius 2 is 1.71 bits per heavy atom. The normalized spacial score (nSPS) is 31.1. The molecule has 1 saturated carbocycles. The lowest BCUT2D eigenvalue weighted by molar-refractivity contribution is -0.332. The molecule has 0 aromatic rings. The second kappa shape index (κ2) is 6.84. The van der Waals surface area contributed by atoms with Crippen molar-refractivity contribution in [1.29, 1.82) is 5.26 Å². The van der Waals surface area contributed by atoms with Gasteiger partial charge in [0.25, 0.3) is 0 Å². The Morgan fingerprint density at radius 1 is 1.17 bits per heavy atom. The molecule has 0 N–H and O–H groups in total. The SMILES string of the molecule is CC(C)OC1(C(F)(F)F)CN([C@H]2CC[C@@](CC#N)(C(C)C)CC2)C1. The number of likely N-dealkylation sites (tertiary alicyclic amines) is 1. The molecule has 0 spiro atoms. The van der Waals surface area contributed by atoms with Crippen molar-refractivity contribution in [1.82, 2.24) is 4.90 Å². The average molecular weight is 346 g/mol. The number of hydrogen-bond donors (Lipinski definition) is 0. The molecule has 0 bridgehead atoms. The Labute approximate surface area is 143 Å². The number of alkyl halides is 3. The largest absolute Gasteiger partial charge is 0.419 e. The van der Waals surface area contributed by atoms with Gasteiger partial charge in [-0.25, -0.2) is 0 Å². The summed E-state index contributed by atoms with van der Waals surface area (Å²) < 4.78 is 45.5. The monoisotopic (exact) mass is 346 g/mol. The van der Waals surface area contributed by atoms with E-state index in [-0.39, 0.29) is 24.5 Å². The number of ether oxygens (including phenoxy) is 1. The molecular weight excluding hydrogens is 317 g/mol. The molecule has 0 aromatic carbocycles. The van der Waals surface area contributed by atoms with Crippen molar-refractivity contribution in [3.63, 3.8) is 0 Å². The molecule has 1 saturated heterocycles. The van der Waals surface area contributed by atoms with Gasteiger partial charge < -0.3 is 4.74 Å². The first-order chi connectivity index (χ1) is 11.1. The molecule has 24 heavy (non-hydrogen) atoms. The molecule has 138 valence electrons. The second-order valence-electron chi connectivity index (χ2n) is 8.15. The summed E-state index contributed by atoms with van der Waals surface area (Å²) in [6.45, 7) is 7.46. The lowest BCUT2D eigenvalue weighted by Gasteiger charge is -2.55. The van der Waals surface area contributed by atoms with Crippen LogP contribution in [0.25, 0.3) is 0 Å². The highest BCUT2D eigenvalue weighted by Gasteiger charge is 2.64. The van der Waals surface area contributed by atoms with Crippen LogP contribution in [0.15, 0.2) is 0 Å². The first-order valence-corrected chi connectivity index (χ1v) is 8.91. The topological polar surface area (TPSA) is 36.3 Å². The van der Waals surface area contributed by atoms with E-state index in [1.54, 1.807) is 13.8 Å². The van der Waals surface area contributed by atoms with Crippen LogP contribution in [0.5, 0.6) is 0 Å². The van der Waals surface area contributed by atoms with Crippen molar-refractivity contribution in [3.05, 3.63) is 0 Å². The fourth-order valence-corrected chi connectivity index (χ4v) is 4.30. The van der Waals surface area contributed by atoms with Crippen molar-refractivity contribution in [2.75, 3.05) is 13.1 Å². The Hall–Kier alpha value is -0.800. The molecule has 0 unspecified atom stereocenters. The molecule has 0 atom stereocenters. The minimum Gasteiger partial charge on any atom is -0.360 e. The predicted octanol–water partition coefficient (Wildman–Crippen LogP) is 4.53. The van der Waals surface area contributed by atoms with Crippen LogP contribution in [0, 0.1) is 22.7 Å². The van der Waals surface area contributed by atoms with E-state index < -0.39 is 17.9 Å². The summed E-state index contributed by atoms with van der Waals surface area (Å²) >= 11 is 0. The highest BCUT2D eigenvalue weighted by Crippen LogP contribution is 2.49. The third-order valence-corrected chi connectivity index (χ3v) is 6.02. The van der Waals surface area contributed by atoms with E-state index in [1.165, 1.54) is 0 Å². The van der Waals surface area contributed by atoms with Crippen molar-refractivity contribution < 1.29 is 17.9 Å². The molecule has 1 aliphatic heterocycles. The highest BCUT2D eigenvalue weighted by molar-refractivity contribution is 5.07. The maximum atomic E-state index is 13.4. The van der Waals surface area contributed by atoms with Crippen LogP contribution in [-0.4, -0.2) is 41.9 Å². The quantitative estimate of drug-likeness (QED) is 0.734. The van der Waals surface area contributed by atoms with E-state index in [1.807, 2.05) is 4.90 Å². The van der Waals surface area contributed by atoms with Crippen LogP contribution < -0.4 is 0 Å². The summed E-state index contributed by atoms with van der Waals surface area (Å²) in [6.07, 6.45) is -0.646. The minimum absolute atomic E-state index is 0.0334. The van der Waals surface area contributed by atoms with Crippen LogP contribution >= 0.6 is 0 Å². The third-order valence-electron chi connectivity index (χ3n) is 6.02. The number of rotatable bonds is 5. The van der Waals surface area contributed by atoms with Crippen molar-refractivity contribution in [2.24, 2.45) is 11.3 Å². The minimum atomic E-state index is -4.33. The van der Waals surface area contributed by atoms with Crippen LogP contribution in [0.2, 0.25) is 0 Å². The molecule has 1 heterocycles. The molecule has 1 aliphatic carbocycles. The molecule has 6 heteroatoms. The van der Waals surface area contributed by atoms with Gasteiger partial charge in [0.1, 0.15) is 0 Å². The number of halogens is 3. The molecule has 0 aromatic heterocycles. The number of nitrogens with zero attached hydrogens (tertiary/aromatic N) is 2. The lowest BCUT2D eigenvalue weighted by atomic mass is 9.64. The van der Waals surface area contributed by atoms with Gasteiger partial charge in [0.15, 0.2) is 5.60 Å². The smallest absolute Gasteiger partial charge is 0.360 e. The number of nitriles is 1. The molecule has 2 fully saturated rings. The fourth-order valence-electron chi connectivity index (χ4n) is 4.30. The van der Waals surface area contributed by atoms with Gasteiger partial charge in [-0.2, -0.15) is 18.4 Å². The second-order valence-corrected chi connectivity index (χ2v) is 8.15. The van der Waals surface area contributed by atoms with E-state index in [9.17, 15) is 13.2 Å². The first-order valence-electron chi connectivity index (χ1n) is 8.91. The van der Waals surface area contributed by atoms with Gasteiger partial charge in [-0.3, -0.25) is 4.90 Å². The standard InChI is InChI=1S/C18H29F3N2O/c1-13(2)16(9-10-22)7-5-15(6-8-16)23-11-17(12-23,18(19,20)21)24-14(3)4/h13-15H,5-9,11-12H2,1-4H3/t15-,16+. The van der Waals surface area contributed by atoms with Crippen molar-refractivity contribution >= 4 is 0 Å². The van der Waals surface area contributed by atoms with Crippen LogP contribution in [0.1, 0.15) is 59.8 Å². The zero-order valence-electron chi connectivity index (χ0n) is 15.1. The number of hydrogen-bond acceptors (Lipinski definition) is 3. The maximum Gasteiger partial charge on any atom is 0.419 e. The fraction of sp³-hybridized carbons (Fsp3) is 0.944. The van der Waals surface area contributed by atoms with Crippen LogP contribution in [-0.2, 0) is 4.74 Å². The van der Waals surface area contributed by atoms with Gasteiger partial charge in [-0.15, -0.1) is 0 Å². The van der Waals surface area contributed by atoms with Crippen molar-refractivity contribution in [2.45, 2.75) is 83.7 Å². The Bertz CT molecular complexity index is 468. The Kier molecular flexibility index (Phi) is 5.56. The van der Waals surface area contributed by atoms with E-state index in [0.29, 0.717) is 12.3 Å². The van der Waals surface area contributed by atoms with Gasteiger partial charge >= 0.3 is 6.18 Å². The molecular formula is C18H29F3N2O. The van der Waals surface area contributed by atoms with E-state index in [2.05, 4.69) is 19.9 Å². The van der Waals surface area contributed by atoms with Crippen LogP contribution in [0.3, 0.4) is 0 Å². The molecule has 0 amide bonds. The molecule has 3 nitrogen and oxygen atoms in total. The molecule has 2 aliphatic rings. The van der Waals surface area contributed by atoms with Gasteiger partial charge in [-0.1, -0.05) is 13.8 Å². The van der Waals surface area contributed by atoms with Gasteiger partial charge in [0.2, 0.25) is 0 Å². The summed E-state index contributed by atoms with van der Waals surface area (Å²) in [6, 6.07) is 2.49. The Morgan fingerprint density at radius 3 is 2.08 bits per heavy atom. The summed E-state index contributed by atoms with van der Waals surface area (Å²) in [5, 5.41) is 9.11. The van der Waals surface area contributed by atoms with E-state index in [0.717, 1.165) is 25.7 Å². The summed E-state index contributed by atoms with van der Waals surface area (Å²) in [4.78, 5) is 1.92.